The molecule has 0 radical (unpaired) electrons. The summed E-state index contributed by atoms with van der Waals surface area (Å²) in [6.07, 6.45) is 1.53. The summed E-state index contributed by atoms with van der Waals surface area (Å²) in [5.74, 6) is 1.22. The Labute approximate surface area is 73.8 Å². The third-order valence-corrected chi connectivity index (χ3v) is 1.60. The standard InChI is InChI=1S/C8H6N4O/c9-4-5-7(10)12-8(11-5)6-2-1-3-13-6/h1-3H,10H2,(H,11,12). The number of aromatic amines is 1. The first kappa shape index (κ1) is 7.43. The highest BCUT2D eigenvalue weighted by Crippen LogP contribution is 2.18. The fourth-order valence-corrected chi connectivity index (χ4v) is 1.00. The molecule has 0 saturated heterocycles. The molecule has 64 valence electrons. The van der Waals surface area contributed by atoms with E-state index in [1.54, 1.807) is 12.1 Å². The molecule has 0 atom stereocenters. The van der Waals surface area contributed by atoms with Gasteiger partial charge in [-0.25, -0.2) is 4.98 Å². The molecule has 5 heteroatoms. The minimum absolute atomic E-state index is 0.189. The van der Waals surface area contributed by atoms with Gasteiger partial charge in [0, 0.05) is 0 Å². The van der Waals surface area contributed by atoms with E-state index < -0.39 is 0 Å². The van der Waals surface area contributed by atoms with Gasteiger partial charge in [0.15, 0.2) is 23.1 Å². The Morgan fingerprint density at radius 1 is 1.62 bits per heavy atom. The summed E-state index contributed by atoms with van der Waals surface area (Å²) >= 11 is 0. The van der Waals surface area contributed by atoms with Crippen LogP contribution < -0.4 is 5.73 Å². The van der Waals surface area contributed by atoms with Crippen molar-refractivity contribution in [1.82, 2.24) is 9.97 Å². The van der Waals surface area contributed by atoms with Gasteiger partial charge < -0.3 is 15.1 Å². The minimum atomic E-state index is 0.189. The van der Waals surface area contributed by atoms with Gasteiger partial charge in [0.25, 0.3) is 0 Å². The Kier molecular flexibility index (Phi) is 1.53. The van der Waals surface area contributed by atoms with Crippen LogP contribution in [0.15, 0.2) is 22.8 Å². The molecule has 0 aromatic carbocycles. The quantitative estimate of drug-likeness (QED) is 0.677. The Bertz CT molecular complexity index is 449. The van der Waals surface area contributed by atoms with E-state index >= 15 is 0 Å². The number of nitrogens with zero attached hydrogens (tertiary/aromatic N) is 2. The van der Waals surface area contributed by atoms with E-state index in [1.165, 1.54) is 6.26 Å². The number of aromatic nitrogens is 2. The highest BCUT2D eigenvalue weighted by atomic mass is 16.3. The number of hydrogen-bond acceptors (Lipinski definition) is 4. The van der Waals surface area contributed by atoms with Crippen molar-refractivity contribution in [3.63, 3.8) is 0 Å². The average Bonchev–Trinajstić information content (AvgIpc) is 2.71. The lowest BCUT2D eigenvalue weighted by Crippen LogP contribution is -1.86. The number of H-pyrrole nitrogens is 1. The Morgan fingerprint density at radius 3 is 3.00 bits per heavy atom. The molecular formula is C8H6N4O. The SMILES string of the molecule is N#Cc1[nH]c(-c2ccco2)nc1N. The van der Waals surface area contributed by atoms with Crippen molar-refractivity contribution in [2.75, 3.05) is 5.73 Å². The summed E-state index contributed by atoms with van der Waals surface area (Å²) in [4.78, 5) is 6.67. The summed E-state index contributed by atoms with van der Waals surface area (Å²) in [6.45, 7) is 0. The van der Waals surface area contributed by atoms with Gasteiger partial charge in [-0.2, -0.15) is 5.26 Å². The second kappa shape index (κ2) is 2.68. The lowest BCUT2D eigenvalue weighted by molar-refractivity contribution is 0.578. The highest BCUT2D eigenvalue weighted by molar-refractivity contribution is 5.56. The van der Waals surface area contributed by atoms with Crippen LogP contribution in [0.2, 0.25) is 0 Å². The van der Waals surface area contributed by atoms with Crippen LogP contribution in [0.5, 0.6) is 0 Å². The zero-order chi connectivity index (χ0) is 9.26. The highest BCUT2D eigenvalue weighted by Gasteiger charge is 2.09. The Morgan fingerprint density at radius 2 is 2.46 bits per heavy atom. The van der Waals surface area contributed by atoms with Crippen LogP contribution in [0, 0.1) is 11.3 Å². The van der Waals surface area contributed by atoms with Crippen LogP contribution in [0.3, 0.4) is 0 Å². The number of nitrogens with one attached hydrogen (secondary N) is 1. The molecular weight excluding hydrogens is 168 g/mol. The van der Waals surface area contributed by atoms with Crippen molar-refractivity contribution in [3.05, 3.63) is 24.1 Å². The van der Waals surface area contributed by atoms with Crippen LogP contribution in [0.1, 0.15) is 5.69 Å². The van der Waals surface area contributed by atoms with E-state index in [0.29, 0.717) is 11.6 Å². The van der Waals surface area contributed by atoms with Gasteiger partial charge in [0.05, 0.1) is 6.26 Å². The predicted molar refractivity (Wildman–Crippen MR) is 45.4 cm³/mol. The maximum Gasteiger partial charge on any atom is 0.176 e. The fourth-order valence-electron chi connectivity index (χ4n) is 1.00. The molecule has 3 N–H and O–H groups in total. The monoisotopic (exact) mass is 174 g/mol. The van der Waals surface area contributed by atoms with Crippen molar-refractivity contribution >= 4 is 5.82 Å². The van der Waals surface area contributed by atoms with Crippen LogP contribution in [-0.2, 0) is 0 Å². The summed E-state index contributed by atoms with van der Waals surface area (Å²) in [6, 6.07) is 5.36. The van der Waals surface area contributed by atoms with Crippen LogP contribution in [-0.4, -0.2) is 9.97 Å². The molecule has 0 aliphatic carbocycles. The number of imidazole rings is 1. The van der Waals surface area contributed by atoms with Gasteiger partial charge in [-0.05, 0) is 12.1 Å². The van der Waals surface area contributed by atoms with Gasteiger partial charge in [0.1, 0.15) is 6.07 Å². The molecule has 0 saturated carbocycles. The third-order valence-electron chi connectivity index (χ3n) is 1.60. The van der Waals surface area contributed by atoms with Crippen LogP contribution in [0.25, 0.3) is 11.6 Å². The Hall–Kier alpha value is -2.22. The average molecular weight is 174 g/mol. The van der Waals surface area contributed by atoms with Crippen molar-refractivity contribution in [2.45, 2.75) is 0 Å². The first-order valence-electron chi connectivity index (χ1n) is 3.60. The maximum absolute atomic E-state index is 8.60. The van der Waals surface area contributed by atoms with E-state index in [0.717, 1.165) is 0 Å². The van der Waals surface area contributed by atoms with Crippen LogP contribution >= 0.6 is 0 Å². The summed E-state index contributed by atoms with van der Waals surface area (Å²) in [5.41, 5.74) is 5.71. The largest absolute Gasteiger partial charge is 0.461 e. The first-order chi connectivity index (χ1) is 6.31. The fraction of sp³-hybridized carbons (Fsp3) is 0. The molecule has 2 aromatic rings. The lowest BCUT2D eigenvalue weighted by Gasteiger charge is -1.85. The van der Waals surface area contributed by atoms with Gasteiger partial charge in [-0.1, -0.05) is 0 Å². The topological polar surface area (TPSA) is 91.6 Å². The number of nitriles is 1. The van der Waals surface area contributed by atoms with E-state index in [-0.39, 0.29) is 11.5 Å². The molecule has 0 bridgehead atoms. The van der Waals surface area contributed by atoms with Gasteiger partial charge >= 0.3 is 0 Å². The van der Waals surface area contributed by atoms with Crippen molar-refractivity contribution in [3.8, 4) is 17.7 Å². The molecule has 0 amide bonds. The minimum Gasteiger partial charge on any atom is -0.461 e. The van der Waals surface area contributed by atoms with Crippen LogP contribution in [0.4, 0.5) is 5.82 Å². The van der Waals surface area contributed by atoms with Crippen molar-refractivity contribution in [1.29, 1.82) is 5.26 Å². The van der Waals surface area contributed by atoms with Crippen molar-refractivity contribution in [2.24, 2.45) is 0 Å². The van der Waals surface area contributed by atoms with E-state index in [9.17, 15) is 0 Å². The van der Waals surface area contributed by atoms with E-state index in [1.807, 2.05) is 6.07 Å². The molecule has 0 unspecified atom stereocenters. The molecule has 5 nitrogen and oxygen atoms in total. The van der Waals surface area contributed by atoms with Crippen molar-refractivity contribution < 1.29 is 4.42 Å². The third kappa shape index (κ3) is 1.14. The lowest BCUT2D eigenvalue weighted by atomic mass is 10.4. The second-order valence-electron chi connectivity index (χ2n) is 2.43. The molecule has 2 aromatic heterocycles. The zero-order valence-corrected chi connectivity index (χ0v) is 6.61. The molecule has 0 aliphatic heterocycles. The smallest absolute Gasteiger partial charge is 0.176 e. The van der Waals surface area contributed by atoms with Gasteiger partial charge in [0.2, 0.25) is 0 Å². The molecule has 0 fully saturated rings. The summed E-state index contributed by atoms with van der Waals surface area (Å²) < 4.78 is 5.07. The number of nitrogen functional groups attached to an aromatic ring is 1. The molecule has 0 aliphatic rings. The normalized spacial score (nSPS) is 9.77. The van der Waals surface area contributed by atoms with E-state index in [2.05, 4.69) is 9.97 Å². The zero-order valence-electron chi connectivity index (χ0n) is 6.61. The van der Waals surface area contributed by atoms with E-state index in [4.69, 9.17) is 15.4 Å². The molecule has 0 spiro atoms. The second-order valence-corrected chi connectivity index (χ2v) is 2.43. The number of anilines is 1. The predicted octanol–water partition coefficient (Wildman–Crippen LogP) is 1.12. The summed E-state index contributed by atoms with van der Waals surface area (Å²) in [7, 11) is 0. The first-order valence-corrected chi connectivity index (χ1v) is 3.60. The molecule has 2 rings (SSSR count). The van der Waals surface area contributed by atoms with Gasteiger partial charge in [-0.15, -0.1) is 0 Å². The number of furan rings is 1. The Balaban J connectivity index is 2.50. The molecule has 13 heavy (non-hydrogen) atoms. The summed E-state index contributed by atoms with van der Waals surface area (Å²) in [5, 5.41) is 8.60. The maximum atomic E-state index is 8.60. The number of nitrogens with two attached hydrogens (primary N) is 1. The van der Waals surface area contributed by atoms with Gasteiger partial charge in [-0.3, -0.25) is 0 Å². The number of rotatable bonds is 1. The molecule has 2 heterocycles. The number of hydrogen-bond donors (Lipinski definition) is 2.